The largest absolute Gasteiger partial charge is 0.396 e. The number of rotatable bonds is 7. The predicted molar refractivity (Wildman–Crippen MR) is 72.0 cm³/mol. The Morgan fingerprint density at radius 3 is 2.72 bits per heavy atom. The molecule has 0 heterocycles. The van der Waals surface area contributed by atoms with Crippen molar-refractivity contribution in [1.29, 1.82) is 0 Å². The Labute approximate surface area is 110 Å². The maximum Gasteiger partial charge on any atom is 0.223 e. The number of fused-ring (bicyclic) bond motifs is 2. The molecule has 2 aliphatic carbocycles. The molecular weight excluding hydrogens is 226 g/mol. The molecule has 0 aromatic rings. The summed E-state index contributed by atoms with van der Waals surface area (Å²) in [6.45, 7) is 3.14. The van der Waals surface area contributed by atoms with Gasteiger partial charge in [0.25, 0.3) is 0 Å². The van der Waals surface area contributed by atoms with Crippen LogP contribution in [0.15, 0.2) is 0 Å². The average Bonchev–Trinajstić information content (AvgIpc) is 2.98. The van der Waals surface area contributed by atoms with Gasteiger partial charge in [0.05, 0.1) is 0 Å². The van der Waals surface area contributed by atoms with E-state index in [-0.39, 0.29) is 12.5 Å². The third-order valence-electron chi connectivity index (χ3n) is 4.87. The third kappa shape index (κ3) is 3.25. The molecule has 104 valence electrons. The zero-order valence-electron chi connectivity index (χ0n) is 11.5. The SMILES string of the molecule is CCCC(CCO)CNC(=O)C1CC2CCC1C2. The molecule has 2 fully saturated rings. The Bertz CT molecular complexity index is 274. The van der Waals surface area contributed by atoms with Crippen LogP contribution in [0.25, 0.3) is 0 Å². The Balaban J connectivity index is 1.73. The number of nitrogens with one attached hydrogen (secondary N) is 1. The van der Waals surface area contributed by atoms with Crippen molar-refractivity contribution in [1.82, 2.24) is 5.32 Å². The van der Waals surface area contributed by atoms with Gasteiger partial charge in [-0.1, -0.05) is 19.8 Å². The van der Waals surface area contributed by atoms with Gasteiger partial charge in [-0.2, -0.15) is 0 Å². The first-order valence-electron chi connectivity index (χ1n) is 7.63. The van der Waals surface area contributed by atoms with E-state index in [4.69, 9.17) is 5.11 Å². The van der Waals surface area contributed by atoms with Crippen LogP contribution in [0.2, 0.25) is 0 Å². The molecule has 0 aliphatic heterocycles. The zero-order valence-corrected chi connectivity index (χ0v) is 11.5. The molecule has 18 heavy (non-hydrogen) atoms. The average molecular weight is 253 g/mol. The van der Waals surface area contributed by atoms with Gasteiger partial charge in [-0.3, -0.25) is 4.79 Å². The van der Waals surface area contributed by atoms with Crippen molar-refractivity contribution in [2.24, 2.45) is 23.7 Å². The van der Waals surface area contributed by atoms with E-state index in [1.807, 2.05) is 0 Å². The quantitative estimate of drug-likeness (QED) is 0.731. The molecule has 2 saturated carbocycles. The molecule has 4 unspecified atom stereocenters. The molecule has 0 radical (unpaired) electrons. The number of hydrogen-bond donors (Lipinski definition) is 2. The van der Waals surface area contributed by atoms with Crippen molar-refractivity contribution < 1.29 is 9.90 Å². The summed E-state index contributed by atoms with van der Waals surface area (Å²) in [6.07, 6.45) is 8.04. The number of hydrogen-bond acceptors (Lipinski definition) is 2. The lowest BCUT2D eigenvalue weighted by atomic mass is 9.88. The monoisotopic (exact) mass is 253 g/mol. The number of aliphatic hydroxyl groups is 1. The summed E-state index contributed by atoms with van der Waals surface area (Å²) in [5.74, 6) is 2.51. The van der Waals surface area contributed by atoms with Crippen molar-refractivity contribution in [3.63, 3.8) is 0 Å². The minimum atomic E-state index is 0.231. The fraction of sp³-hybridized carbons (Fsp3) is 0.933. The molecule has 2 bridgehead atoms. The van der Waals surface area contributed by atoms with Crippen LogP contribution in [-0.2, 0) is 4.79 Å². The van der Waals surface area contributed by atoms with Gasteiger partial charge in [0.2, 0.25) is 5.91 Å². The second-order valence-electron chi connectivity index (χ2n) is 6.19. The first-order chi connectivity index (χ1) is 8.74. The molecule has 0 aromatic heterocycles. The molecule has 0 aromatic carbocycles. The predicted octanol–water partition coefficient (Wildman–Crippen LogP) is 2.34. The molecule has 2 rings (SSSR count). The van der Waals surface area contributed by atoms with Crippen LogP contribution in [0, 0.1) is 23.7 Å². The summed E-state index contributed by atoms with van der Waals surface area (Å²) in [5.41, 5.74) is 0. The molecule has 1 amide bonds. The summed E-state index contributed by atoms with van der Waals surface area (Å²) < 4.78 is 0. The van der Waals surface area contributed by atoms with Crippen molar-refractivity contribution in [3.8, 4) is 0 Å². The second kappa shape index (κ2) is 6.55. The number of aliphatic hydroxyl groups excluding tert-OH is 1. The van der Waals surface area contributed by atoms with Gasteiger partial charge in [-0.15, -0.1) is 0 Å². The van der Waals surface area contributed by atoms with Crippen LogP contribution in [0.3, 0.4) is 0 Å². The highest BCUT2D eigenvalue weighted by Crippen LogP contribution is 2.48. The van der Waals surface area contributed by atoms with Gasteiger partial charge in [0, 0.05) is 19.1 Å². The first-order valence-corrected chi connectivity index (χ1v) is 7.63. The van der Waals surface area contributed by atoms with Crippen LogP contribution in [0.1, 0.15) is 51.9 Å². The molecule has 0 saturated heterocycles. The summed E-state index contributed by atoms with van der Waals surface area (Å²) >= 11 is 0. The van der Waals surface area contributed by atoms with Crippen LogP contribution in [0.5, 0.6) is 0 Å². The highest BCUT2D eigenvalue weighted by Gasteiger charge is 2.42. The molecule has 0 spiro atoms. The molecule has 3 nitrogen and oxygen atoms in total. The fourth-order valence-corrected chi connectivity index (χ4v) is 3.88. The highest BCUT2D eigenvalue weighted by atomic mass is 16.3. The van der Waals surface area contributed by atoms with Gasteiger partial charge >= 0.3 is 0 Å². The fourth-order valence-electron chi connectivity index (χ4n) is 3.88. The van der Waals surface area contributed by atoms with E-state index in [0.717, 1.165) is 38.1 Å². The van der Waals surface area contributed by atoms with E-state index in [9.17, 15) is 4.79 Å². The molecular formula is C15H27NO2. The van der Waals surface area contributed by atoms with E-state index in [0.29, 0.717) is 17.8 Å². The van der Waals surface area contributed by atoms with Crippen LogP contribution >= 0.6 is 0 Å². The lowest BCUT2D eigenvalue weighted by Gasteiger charge is -2.22. The minimum absolute atomic E-state index is 0.231. The summed E-state index contributed by atoms with van der Waals surface area (Å²) in [6, 6.07) is 0. The Morgan fingerprint density at radius 2 is 2.17 bits per heavy atom. The Hall–Kier alpha value is -0.570. The van der Waals surface area contributed by atoms with Crippen molar-refractivity contribution in [2.75, 3.05) is 13.2 Å². The van der Waals surface area contributed by atoms with Crippen molar-refractivity contribution >= 4 is 5.91 Å². The maximum absolute atomic E-state index is 12.2. The van der Waals surface area contributed by atoms with Gasteiger partial charge in [0.1, 0.15) is 0 Å². The van der Waals surface area contributed by atoms with Gasteiger partial charge < -0.3 is 10.4 Å². The van der Waals surface area contributed by atoms with E-state index >= 15 is 0 Å². The van der Waals surface area contributed by atoms with Gasteiger partial charge in [0.15, 0.2) is 0 Å². The summed E-state index contributed by atoms with van der Waals surface area (Å²) in [7, 11) is 0. The minimum Gasteiger partial charge on any atom is -0.396 e. The number of carbonyl (C=O) groups excluding carboxylic acids is 1. The lowest BCUT2D eigenvalue weighted by molar-refractivity contribution is -0.126. The first kappa shape index (κ1) is 13.9. The summed E-state index contributed by atoms with van der Waals surface area (Å²) in [4.78, 5) is 12.2. The van der Waals surface area contributed by atoms with Crippen molar-refractivity contribution in [2.45, 2.75) is 51.9 Å². The molecule has 2 aliphatic rings. The van der Waals surface area contributed by atoms with Gasteiger partial charge in [-0.05, 0) is 49.9 Å². The standard InChI is InChI=1S/C15H27NO2/c1-2-3-11(6-7-17)10-16-15(18)14-9-12-4-5-13(14)8-12/h11-14,17H,2-10H2,1H3,(H,16,18). The van der Waals surface area contributed by atoms with Gasteiger partial charge in [-0.25, -0.2) is 0 Å². The van der Waals surface area contributed by atoms with E-state index in [1.165, 1.54) is 19.3 Å². The third-order valence-corrected chi connectivity index (χ3v) is 4.87. The summed E-state index contributed by atoms with van der Waals surface area (Å²) in [5, 5.41) is 12.1. The second-order valence-corrected chi connectivity index (χ2v) is 6.19. The van der Waals surface area contributed by atoms with Crippen LogP contribution < -0.4 is 5.32 Å². The topological polar surface area (TPSA) is 49.3 Å². The van der Waals surface area contributed by atoms with E-state index in [1.54, 1.807) is 0 Å². The molecule has 4 atom stereocenters. The zero-order chi connectivity index (χ0) is 13.0. The number of carbonyl (C=O) groups is 1. The Kier molecular flexibility index (Phi) is 5.04. The molecule has 3 heteroatoms. The van der Waals surface area contributed by atoms with E-state index in [2.05, 4.69) is 12.2 Å². The van der Waals surface area contributed by atoms with Crippen LogP contribution in [-0.4, -0.2) is 24.2 Å². The lowest BCUT2D eigenvalue weighted by Crippen LogP contribution is -2.36. The molecule has 2 N–H and O–H groups in total. The number of amides is 1. The highest BCUT2D eigenvalue weighted by molar-refractivity contribution is 5.79. The Morgan fingerprint density at radius 1 is 1.33 bits per heavy atom. The van der Waals surface area contributed by atoms with E-state index < -0.39 is 0 Å². The normalized spacial score (nSPS) is 31.6. The maximum atomic E-state index is 12.2. The van der Waals surface area contributed by atoms with Crippen LogP contribution in [0.4, 0.5) is 0 Å². The van der Waals surface area contributed by atoms with Crippen molar-refractivity contribution in [3.05, 3.63) is 0 Å². The smallest absolute Gasteiger partial charge is 0.223 e.